The third kappa shape index (κ3) is 1.13. The van der Waals surface area contributed by atoms with E-state index in [9.17, 15) is 10.1 Å². The van der Waals surface area contributed by atoms with Gasteiger partial charge in [0, 0.05) is 11.6 Å². The Hall–Kier alpha value is -1.62. The molecule has 0 aromatic carbocycles. The molecule has 0 radical (unpaired) electrons. The van der Waals surface area contributed by atoms with Gasteiger partial charge >= 0.3 is 5.69 Å². The highest BCUT2D eigenvalue weighted by atomic mass is 35.5. The van der Waals surface area contributed by atoms with Crippen molar-refractivity contribution in [1.29, 1.82) is 0 Å². The second-order valence-electron chi connectivity index (χ2n) is 2.45. The van der Waals surface area contributed by atoms with Crippen LogP contribution in [0.3, 0.4) is 0 Å². The second kappa shape index (κ2) is 2.70. The summed E-state index contributed by atoms with van der Waals surface area (Å²) in [6.45, 7) is 0. The Labute approximate surface area is 77.5 Å². The van der Waals surface area contributed by atoms with Crippen LogP contribution in [0.25, 0.3) is 11.0 Å². The Bertz CT molecular complexity index is 480. The maximum atomic E-state index is 10.5. The van der Waals surface area contributed by atoms with Crippen molar-refractivity contribution in [3.8, 4) is 0 Å². The number of hydrogen-bond donors (Lipinski definition) is 1. The van der Waals surface area contributed by atoms with Crippen molar-refractivity contribution in [3.63, 3.8) is 0 Å². The summed E-state index contributed by atoms with van der Waals surface area (Å²) in [6, 6.07) is 1.65. The van der Waals surface area contributed by atoms with Crippen molar-refractivity contribution < 1.29 is 4.92 Å². The molecule has 0 atom stereocenters. The van der Waals surface area contributed by atoms with E-state index in [0.29, 0.717) is 11.0 Å². The summed E-state index contributed by atoms with van der Waals surface area (Å²) in [7, 11) is 0. The minimum absolute atomic E-state index is 0.122. The van der Waals surface area contributed by atoms with E-state index in [1.54, 1.807) is 12.3 Å². The molecule has 2 aromatic rings. The molecule has 0 spiro atoms. The number of nitro groups is 1. The molecule has 0 saturated carbocycles. The van der Waals surface area contributed by atoms with Gasteiger partial charge in [-0.05, 0) is 6.07 Å². The summed E-state index contributed by atoms with van der Waals surface area (Å²) in [4.78, 5) is 16.6. The van der Waals surface area contributed by atoms with Crippen LogP contribution in [0.4, 0.5) is 5.69 Å². The molecule has 2 rings (SSSR count). The lowest BCUT2D eigenvalue weighted by Gasteiger charge is -1.94. The summed E-state index contributed by atoms with van der Waals surface area (Å²) in [5.41, 5.74) is 0.379. The van der Waals surface area contributed by atoms with E-state index in [-0.39, 0.29) is 10.7 Å². The zero-order valence-electron chi connectivity index (χ0n) is 6.32. The molecule has 0 aliphatic carbocycles. The van der Waals surface area contributed by atoms with Crippen LogP contribution >= 0.6 is 11.6 Å². The van der Waals surface area contributed by atoms with Gasteiger partial charge in [-0.15, -0.1) is 0 Å². The monoisotopic (exact) mass is 197 g/mol. The van der Waals surface area contributed by atoms with Gasteiger partial charge in [-0.25, -0.2) is 4.98 Å². The van der Waals surface area contributed by atoms with Crippen LogP contribution in [0, 0.1) is 10.1 Å². The van der Waals surface area contributed by atoms with Crippen LogP contribution in [-0.2, 0) is 0 Å². The highest BCUT2D eigenvalue weighted by molar-refractivity contribution is 6.37. The van der Waals surface area contributed by atoms with Gasteiger partial charge in [-0.2, -0.15) is 0 Å². The Morgan fingerprint density at radius 1 is 1.62 bits per heavy atom. The van der Waals surface area contributed by atoms with Gasteiger partial charge in [-0.1, -0.05) is 11.6 Å². The fraction of sp³-hybridized carbons (Fsp3) is 0. The lowest BCUT2D eigenvalue weighted by molar-refractivity contribution is -0.384. The Morgan fingerprint density at radius 3 is 3.08 bits per heavy atom. The van der Waals surface area contributed by atoms with Crippen molar-refractivity contribution in [3.05, 3.63) is 33.6 Å². The SMILES string of the molecule is O=[N+]([O-])c1cnc2[nH]ccc2c1Cl. The molecule has 0 saturated heterocycles. The molecule has 5 nitrogen and oxygen atoms in total. The van der Waals surface area contributed by atoms with Gasteiger partial charge < -0.3 is 4.98 Å². The van der Waals surface area contributed by atoms with E-state index in [0.717, 1.165) is 6.20 Å². The van der Waals surface area contributed by atoms with E-state index in [4.69, 9.17) is 11.6 Å². The van der Waals surface area contributed by atoms with E-state index >= 15 is 0 Å². The molecule has 0 bridgehead atoms. The van der Waals surface area contributed by atoms with Crippen LogP contribution in [0.2, 0.25) is 5.02 Å². The molecule has 13 heavy (non-hydrogen) atoms. The average molecular weight is 198 g/mol. The molecule has 2 aromatic heterocycles. The second-order valence-corrected chi connectivity index (χ2v) is 2.83. The highest BCUT2D eigenvalue weighted by Gasteiger charge is 2.15. The predicted octanol–water partition coefficient (Wildman–Crippen LogP) is 2.12. The minimum Gasteiger partial charge on any atom is -0.346 e. The molecule has 1 N–H and O–H groups in total. The third-order valence-electron chi connectivity index (χ3n) is 1.70. The van der Waals surface area contributed by atoms with Crippen LogP contribution < -0.4 is 0 Å². The number of nitrogens with one attached hydrogen (secondary N) is 1. The quantitative estimate of drug-likeness (QED) is 0.562. The number of aromatic nitrogens is 2. The summed E-state index contributed by atoms with van der Waals surface area (Å²) < 4.78 is 0. The van der Waals surface area contributed by atoms with Crippen molar-refractivity contribution in [2.75, 3.05) is 0 Å². The molecule has 0 unspecified atom stereocenters. The van der Waals surface area contributed by atoms with Gasteiger partial charge in [0.15, 0.2) is 0 Å². The molecule has 0 aliphatic rings. The maximum absolute atomic E-state index is 10.5. The van der Waals surface area contributed by atoms with Crippen molar-refractivity contribution in [2.24, 2.45) is 0 Å². The first-order chi connectivity index (χ1) is 6.20. The number of aromatic amines is 1. The van der Waals surface area contributed by atoms with E-state index < -0.39 is 4.92 Å². The predicted molar refractivity (Wildman–Crippen MR) is 47.8 cm³/mol. The first kappa shape index (κ1) is 8.00. The van der Waals surface area contributed by atoms with E-state index in [2.05, 4.69) is 9.97 Å². The Morgan fingerprint density at radius 2 is 2.38 bits per heavy atom. The lowest BCUT2D eigenvalue weighted by Crippen LogP contribution is -1.90. The third-order valence-corrected chi connectivity index (χ3v) is 2.10. The first-order valence-electron chi connectivity index (χ1n) is 3.46. The first-order valence-corrected chi connectivity index (χ1v) is 3.84. The molecule has 2 heterocycles. The van der Waals surface area contributed by atoms with Crippen LogP contribution in [-0.4, -0.2) is 14.9 Å². The zero-order chi connectivity index (χ0) is 9.42. The fourth-order valence-electron chi connectivity index (χ4n) is 1.09. The van der Waals surface area contributed by atoms with Gasteiger partial charge in [0.25, 0.3) is 0 Å². The molecular formula is C7H4ClN3O2. The summed E-state index contributed by atoms with van der Waals surface area (Å²) in [5, 5.41) is 11.1. The van der Waals surface area contributed by atoms with Gasteiger partial charge in [0.05, 0.1) is 4.92 Å². The maximum Gasteiger partial charge on any atom is 0.306 e. The largest absolute Gasteiger partial charge is 0.346 e. The van der Waals surface area contributed by atoms with E-state index in [1.807, 2.05) is 0 Å². The molecule has 6 heteroatoms. The molecule has 66 valence electrons. The smallest absolute Gasteiger partial charge is 0.306 e. The van der Waals surface area contributed by atoms with Crippen molar-refractivity contribution in [1.82, 2.24) is 9.97 Å². The van der Waals surface area contributed by atoms with Crippen LogP contribution in [0.15, 0.2) is 18.5 Å². The van der Waals surface area contributed by atoms with Crippen LogP contribution in [0.5, 0.6) is 0 Å². The molecule has 0 aliphatic heterocycles. The molecule has 0 fully saturated rings. The van der Waals surface area contributed by atoms with Crippen LogP contribution in [0.1, 0.15) is 0 Å². The Balaban J connectivity index is 2.80. The number of rotatable bonds is 1. The number of hydrogen-bond acceptors (Lipinski definition) is 3. The van der Waals surface area contributed by atoms with Gasteiger partial charge in [0.2, 0.25) is 0 Å². The molecule has 0 amide bonds. The number of fused-ring (bicyclic) bond motifs is 1. The number of pyridine rings is 1. The Kier molecular flexibility index (Phi) is 1.66. The minimum atomic E-state index is -0.554. The lowest BCUT2D eigenvalue weighted by atomic mass is 10.3. The van der Waals surface area contributed by atoms with Crippen molar-refractivity contribution in [2.45, 2.75) is 0 Å². The number of halogens is 1. The summed E-state index contributed by atoms with van der Waals surface area (Å²) in [5.74, 6) is 0. The van der Waals surface area contributed by atoms with Gasteiger partial charge in [0.1, 0.15) is 16.9 Å². The topological polar surface area (TPSA) is 71.8 Å². The van der Waals surface area contributed by atoms with Crippen molar-refractivity contribution >= 4 is 28.3 Å². The number of nitrogens with zero attached hydrogens (tertiary/aromatic N) is 2. The standard InChI is InChI=1S/C7H4ClN3O2/c8-6-4-1-2-9-7(4)10-3-5(6)11(12)13/h1-3H,(H,9,10). The average Bonchev–Trinajstić information content (AvgIpc) is 2.52. The fourth-order valence-corrected chi connectivity index (χ4v) is 1.36. The highest BCUT2D eigenvalue weighted by Crippen LogP contribution is 2.29. The number of H-pyrrole nitrogens is 1. The van der Waals surface area contributed by atoms with Gasteiger partial charge in [-0.3, -0.25) is 10.1 Å². The van der Waals surface area contributed by atoms with E-state index in [1.165, 1.54) is 0 Å². The zero-order valence-corrected chi connectivity index (χ0v) is 7.08. The molecular weight excluding hydrogens is 194 g/mol. The summed E-state index contributed by atoms with van der Waals surface area (Å²) >= 11 is 5.78. The normalized spacial score (nSPS) is 10.5. The summed E-state index contributed by atoms with van der Waals surface area (Å²) in [6.07, 6.45) is 2.77.